The van der Waals surface area contributed by atoms with Crippen LogP contribution in [-0.2, 0) is 6.42 Å². The molecule has 20 heavy (non-hydrogen) atoms. The fourth-order valence-corrected chi connectivity index (χ4v) is 3.39. The van der Waals surface area contributed by atoms with Crippen molar-refractivity contribution in [2.24, 2.45) is 5.92 Å². The Labute approximate surface area is 124 Å². The molecule has 0 saturated heterocycles. The van der Waals surface area contributed by atoms with Crippen molar-refractivity contribution in [2.75, 3.05) is 0 Å². The standard InChI is InChI=1S/C18H30N2/c1-3-5-6-8-15-9-11-17(12-10-15)18-19-13-16(7-4-2)14-20-18/h13-15,17H,3-12H2,1-2H3. The topological polar surface area (TPSA) is 25.8 Å². The molecular weight excluding hydrogens is 244 g/mol. The van der Waals surface area contributed by atoms with Crippen LogP contribution in [0.15, 0.2) is 12.4 Å². The van der Waals surface area contributed by atoms with Crippen LogP contribution in [0, 0.1) is 5.92 Å². The molecule has 0 atom stereocenters. The molecule has 2 rings (SSSR count). The fraction of sp³-hybridized carbons (Fsp3) is 0.778. The number of nitrogens with zero attached hydrogens (tertiary/aromatic N) is 2. The van der Waals surface area contributed by atoms with E-state index in [1.54, 1.807) is 0 Å². The summed E-state index contributed by atoms with van der Waals surface area (Å²) >= 11 is 0. The Balaban J connectivity index is 1.78. The lowest BCUT2D eigenvalue weighted by atomic mass is 9.79. The lowest BCUT2D eigenvalue weighted by Gasteiger charge is -2.27. The van der Waals surface area contributed by atoms with Crippen molar-refractivity contribution < 1.29 is 0 Å². The summed E-state index contributed by atoms with van der Waals surface area (Å²) in [6.45, 7) is 4.49. The van der Waals surface area contributed by atoms with Gasteiger partial charge in [0.25, 0.3) is 0 Å². The second kappa shape index (κ2) is 8.39. The molecule has 0 amide bonds. The highest BCUT2D eigenvalue weighted by Gasteiger charge is 2.23. The van der Waals surface area contributed by atoms with E-state index in [1.165, 1.54) is 63.4 Å². The lowest BCUT2D eigenvalue weighted by molar-refractivity contribution is 0.297. The Morgan fingerprint density at radius 2 is 1.65 bits per heavy atom. The first-order valence-corrected chi connectivity index (χ1v) is 8.64. The van der Waals surface area contributed by atoms with Gasteiger partial charge in [0.05, 0.1) is 0 Å². The number of rotatable bonds is 7. The highest BCUT2D eigenvalue weighted by Crippen LogP contribution is 2.36. The van der Waals surface area contributed by atoms with Crippen molar-refractivity contribution in [3.8, 4) is 0 Å². The molecule has 1 aliphatic rings. The SMILES string of the molecule is CCCCCC1CCC(c2ncc(CCC)cn2)CC1. The number of hydrogen-bond donors (Lipinski definition) is 0. The van der Waals surface area contributed by atoms with E-state index < -0.39 is 0 Å². The van der Waals surface area contributed by atoms with Crippen molar-refractivity contribution in [3.05, 3.63) is 23.8 Å². The van der Waals surface area contributed by atoms with Gasteiger partial charge in [-0.25, -0.2) is 9.97 Å². The summed E-state index contributed by atoms with van der Waals surface area (Å²) < 4.78 is 0. The molecular formula is C18H30N2. The van der Waals surface area contributed by atoms with E-state index in [0.717, 1.165) is 18.2 Å². The minimum Gasteiger partial charge on any atom is -0.241 e. The molecule has 112 valence electrons. The van der Waals surface area contributed by atoms with Gasteiger partial charge in [0.15, 0.2) is 0 Å². The van der Waals surface area contributed by atoms with Crippen LogP contribution in [0.1, 0.15) is 88.9 Å². The van der Waals surface area contributed by atoms with E-state index in [1.807, 2.05) is 12.4 Å². The minimum absolute atomic E-state index is 0.619. The first-order chi connectivity index (χ1) is 9.83. The average Bonchev–Trinajstić information content (AvgIpc) is 2.49. The predicted octanol–water partition coefficient (Wildman–Crippen LogP) is 5.28. The predicted molar refractivity (Wildman–Crippen MR) is 84.9 cm³/mol. The highest BCUT2D eigenvalue weighted by atomic mass is 14.9. The number of aryl methyl sites for hydroxylation is 1. The van der Waals surface area contributed by atoms with Crippen LogP contribution in [0.25, 0.3) is 0 Å². The van der Waals surface area contributed by atoms with Gasteiger partial charge >= 0.3 is 0 Å². The zero-order valence-electron chi connectivity index (χ0n) is 13.3. The second-order valence-corrected chi connectivity index (χ2v) is 6.41. The summed E-state index contributed by atoms with van der Waals surface area (Å²) in [6, 6.07) is 0. The van der Waals surface area contributed by atoms with Crippen LogP contribution >= 0.6 is 0 Å². The van der Waals surface area contributed by atoms with E-state index in [9.17, 15) is 0 Å². The van der Waals surface area contributed by atoms with Gasteiger partial charge in [-0.2, -0.15) is 0 Å². The van der Waals surface area contributed by atoms with Crippen LogP contribution in [0.3, 0.4) is 0 Å². The van der Waals surface area contributed by atoms with E-state index >= 15 is 0 Å². The molecule has 1 heterocycles. The molecule has 1 aromatic heterocycles. The molecule has 0 radical (unpaired) electrons. The van der Waals surface area contributed by atoms with Gasteiger partial charge in [-0.05, 0) is 43.6 Å². The van der Waals surface area contributed by atoms with Gasteiger partial charge in [0.2, 0.25) is 0 Å². The molecule has 1 fully saturated rings. The van der Waals surface area contributed by atoms with Gasteiger partial charge < -0.3 is 0 Å². The molecule has 0 aromatic carbocycles. The maximum absolute atomic E-state index is 4.61. The third-order valence-corrected chi connectivity index (χ3v) is 4.69. The summed E-state index contributed by atoms with van der Waals surface area (Å²) in [6.07, 6.45) is 17.3. The second-order valence-electron chi connectivity index (χ2n) is 6.41. The van der Waals surface area contributed by atoms with Crippen LogP contribution < -0.4 is 0 Å². The quantitative estimate of drug-likeness (QED) is 0.632. The summed E-state index contributed by atoms with van der Waals surface area (Å²) in [7, 11) is 0. The Hall–Kier alpha value is -0.920. The third kappa shape index (κ3) is 4.57. The molecule has 2 nitrogen and oxygen atoms in total. The lowest BCUT2D eigenvalue weighted by Crippen LogP contribution is -2.15. The molecule has 1 aliphatic carbocycles. The fourth-order valence-electron chi connectivity index (χ4n) is 3.39. The zero-order valence-corrected chi connectivity index (χ0v) is 13.3. The van der Waals surface area contributed by atoms with Crippen molar-refractivity contribution in [1.82, 2.24) is 9.97 Å². The van der Waals surface area contributed by atoms with Crippen molar-refractivity contribution >= 4 is 0 Å². The van der Waals surface area contributed by atoms with Gasteiger partial charge in [-0.3, -0.25) is 0 Å². The summed E-state index contributed by atoms with van der Waals surface area (Å²) in [4.78, 5) is 9.22. The number of aromatic nitrogens is 2. The Bertz CT molecular complexity index is 364. The molecule has 0 spiro atoms. The number of unbranched alkanes of at least 4 members (excludes halogenated alkanes) is 2. The normalized spacial score (nSPS) is 22.9. The summed E-state index contributed by atoms with van der Waals surface area (Å²) in [5.74, 6) is 2.68. The molecule has 0 N–H and O–H groups in total. The Morgan fingerprint density at radius 1 is 0.950 bits per heavy atom. The van der Waals surface area contributed by atoms with Crippen LogP contribution in [0.2, 0.25) is 0 Å². The highest BCUT2D eigenvalue weighted by molar-refractivity contribution is 5.08. The minimum atomic E-state index is 0.619. The average molecular weight is 274 g/mol. The van der Waals surface area contributed by atoms with Gasteiger partial charge in [-0.15, -0.1) is 0 Å². The number of hydrogen-bond acceptors (Lipinski definition) is 2. The van der Waals surface area contributed by atoms with E-state index in [-0.39, 0.29) is 0 Å². The van der Waals surface area contributed by atoms with Crippen LogP contribution in [0.4, 0.5) is 0 Å². The molecule has 1 saturated carbocycles. The maximum Gasteiger partial charge on any atom is 0.131 e. The molecule has 0 aliphatic heterocycles. The first-order valence-electron chi connectivity index (χ1n) is 8.64. The molecule has 0 unspecified atom stereocenters. The van der Waals surface area contributed by atoms with E-state index in [2.05, 4.69) is 23.8 Å². The van der Waals surface area contributed by atoms with Gasteiger partial charge in [0.1, 0.15) is 5.82 Å². The smallest absolute Gasteiger partial charge is 0.131 e. The summed E-state index contributed by atoms with van der Waals surface area (Å²) in [5.41, 5.74) is 1.28. The van der Waals surface area contributed by atoms with Crippen LogP contribution in [-0.4, -0.2) is 9.97 Å². The Morgan fingerprint density at radius 3 is 2.25 bits per heavy atom. The summed E-state index contributed by atoms with van der Waals surface area (Å²) in [5, 5.41) is 0. The first kappa shape index (κ1) is 15.5. The molecule has 2 heteroatoms. The largest absolute Gasteiger partial charge is 0.241 e. The van der Waals surface area contributed by atoms with Gasteiger partial charge in [-0.1, -0.05) is 46.0 Å². The van der Waals surface area contributed by atoms with E-state index in [0.29, 0.717) is 5.92 Å². The Kier molecular flexibility index (Phi) is 6.49. The zero-order chi connectivity index (χ0) is 14.2. The molecule has 0 bridgehead atoms. The van der Waals surface area contributed by atoms with Crippen molar-refractivity contribution in [1.29, 1.82) is 0 Å². The monoisotopic (exact) mass is 274 g/mol. The van der Waals surface area contributed by atoms with Crippen LogP contribution in [0.5, 0.6) is 0 Å². The van der Waals surface area contributed by atoms with Crippen molar-refractivity contribution in [3.63, 3.8) is 0 Å². The van der Waals surface area contributed by atoms with Gasteiger partial charge in [0, 0.05) is 18.3 Å². The third-order valence-electron chi connectivity index (χ3n) is 4.69. The maximum atomic E-state index is 4.61. The molecule has 1 aromatic rings. The van der Waals surface area contributed by atoms with E-state index in [4.69, 9.17) is 0 Å². The van der Waals surface area contributed by atoms with Crippen molar-refractivity contribution in [2.45, 2.75) is 84.0 Å².